The Balaban J connectivity index is 2.55. The second kappa shape index (κ2) is 4.45. The van der Waals surface area contributed by atoms with Crippen LogP contribution in [0.3, 0.4) is 0 Å². The Hall–Kier alpha value is -0.790. The zero-order chi connectivity index (χ0) is 9.84. The summed E-state index contributed by atoms with van der Waals surface area (Å²) in [4.78, 5) is 13.7. The summed E-state index contributed by atoms with van der Waals surface area (Å²) in [5, 5.41) is 0. The van der Waals surface area contributed by atoms with Crippen LogP contribution in [-0.4, -0.2) is 24.8 Å². The van der Waals surface area contributed by atoms with Gasteiger partial charge in [0.15, 0.2) is 5.78 Å². The number of ketones is 1. The van der Waals surface area contributed by atoms with Crippen molar-refractivity contribution in [2.45, 2.75) is 32.6 Å². The van der Waals surface area contributed by atoms with Gasteiger partial charge in [-0.25, -0.2) is 0 Å². The van der Waals surface area contributed by atoms with Crippen molar-refractivity contribution in [2.24, 2.45) is 5.92 Å². The van der Waals surface area contributed by atoms with Crippen molar-refractivity contribution in [2.75, 3.05) is 14.1 Å². The first-order valence-electron chi connectivity index (χ1n) is 5.00. The Labute approximate surface area is 80.6 Å². The van der Waals surface area contributed by atoms with Crippen LogP contribution in [0, 0.1) is 5.92 Å². The molecule has 2 heteroatoms. The summed E-state index contributed by atoms with van der Waals surface area (Å²) in [6.07, 6.45) is 6.56. The number of hydrogen-bond donors (Lipinski definition) is 0. The number of carbonyl (C=O) groups excluding carboxylic acids is 1. The van der Waals surface area contributed by atoms with Gasteiger partial charge in [-0.2, -0.15) is 0 Å². The van der Waals surface area contributed by atoms with Gasteiger partial charge in [0, 0.05) is 31.8 Å². The summed E-state index contributed by atoms with van der Waals surface area (Å²) >= 11 is 0. The SMILES string of the molecule is C/C(=C\N(C)C)C(=O)C1CCCC1. The molecular weight excluding hydrogens is 162 g/mol. The molecule has 0 spiro atoms. The largest absolute Gasteiger partial charge is 0.383 e. The van der Waals surface area contributed by atoms with E-state index in [-0.39, 0.29) is 0 Å². The van der Waals surface area contributed by atoms with E-state index in [2.05, 4.69) is 0 Å². The van der Waals surface area contributed by atoms with E-state index in [1.807, 2.05) is 32.1 Å². The summed E-state index contributed by atoms with van der Waals surface area (Å²) in [6.45, 7) is 1.92. The lowest BCUT2D eigenvalue weighted by molar-refractivity contribution is -0.119. The zero-order valence-electron chi connectivity index (χ0n) is 8.84. The maximum absolute atomic E-state index is 11.8. The maximum Gasteiger partial charge on any atom is 0.163 e. The number of Topliss-reactive ketones (excluding diaryl/α,β-unsaturated/α-hetero) is 1. The van der Waals surface area contributed by atoms with Gasteiger partial charge in [0.1, 0.15) is 0 Å². The third kappa shape index (κ3) is 2.87. The molecule has 0 N–H and O–H groups in total. The lowest BCUT2D eigenvalue weighted by Gasteiger charge is -2.11. The predicted octanol–water partition coefficient (Wildman–Crippen LogP) is 2.21. The number of allylic oxidation sites excluding steroid dienone is 1. The molecule has 0 unspecified atom stereocenters. The van der Waals surface area contributed by atoms with Crippen molar-refractivity contribution in [3.63, 3.8) is 0 Å². The molecule has 0 aromatic rings. The average molecular weight is 181 g/mol. The normalized spacial score (nSPS) is 19.2. The van der Waals surface area contributed by atoms with Crippen molar-refractivity contribution >= 4 is 5.78 Å². The molecule has 0 radical (unpaired) electrons. The zero-order valence-corrected chi connectivity index (χ0v) is 8.84. The Kier molecular flexibility index (Phi) is 3.52. The van der Waals surface area contributed by atoms with Gasteiger partial charge in [0.05, 0.1) is 0 Å². The van der Waals surface area contributed by atoms with Crippen molar-refractivity contribution in [3.05, 3.63) is 11.8 Å². The van der Waals surface area contributed by atoms with Crippen molar-refractivity contribution in [3.8, 4) is 0 Å². The lowest BCUT2D eigenvalue weighted by Crippen LogP contribution is -2.14. The third-order valence-electron chi connectivity index (χ3n) is 2.57. The highest BCUT2D eigenvalue weighted by Gasteiger charge is 2.23. The summed E-state index contributed by atoms with van der Waals surface area (Å²) in [5.74, 6) is 0.669. The first kappa shape index (κ1) is 10.3. The number of rotatable bonds is 3. The smallest absolute Gasteiger partial charge is 0.163 e. The van der Waals surface area contributed by atoms with Gasteiger partial charge in [0.2, 0.25) is 0 Å². The summed E-state index contributed by atoms with van der Waals surface area (Å²) < 4.78 is 0. The van der Waals surface area contributed by atoms with Gasteiger partial charge < -0.3 is 4.90 Å². The second-order valence-corrected chi connectivity index (χ2v) is 4.12. The molecule has 1 aliphatic carbocycles. The van der Waals surface area contributed by atoms with Crippen molar-refractivity contribution < 1.29 is 4.79 Å². The molecular formula is C11H19NO. The Bertz CT molecular complexity index is 212. The van der Waals surface area contributed by atoms with E-state index in [9.17, 15) is 4.79 Å². The molecule has 1 rings (SSSR count). The molecule has 0 aromatic carbocycles. The minimum Gasteiger partial charge on any atom is -0.383 e. The molecule has 2 nitrogen and oxygen atoms in total. The highest BCUT2D eigenvalue weighted by Crippen LogP contribution is 2.27. The van der Waals surface area contributed by atoms with E-state index >= 15 is 0 Å². The minimum atomic E-state index is 0.316. The van der Waals surface area contributed by atoms with Crippen LogP contribution in [0.2, 0.25) is 0 Å². The molecule has 0 bridgehead atoms. The van der Waals surface area contributed by atoms with Gasteiger partial charge in [-0.05, 0) is 19.8 Å². The van der Waals surface area contributed by atoms with E-state index in [0.29, 0.717) is 11.7 Å². The topological polar surface area (TPSA) is 20.3 Å². The maximum atomic E-state index is 11.8. The van der Waals surface area contributed by atoms with E-state index in [1.165, 1.54) is 12.8 Å². The van der Waals surface area contributed by atoms with Crippen LogP contribution >= 0.6 is 0 Å². The third-order valence-corrected chi connectivity index (χ3v) is 2.57. The van der Waals surface area contributed by atoms with Crippen molar-refractivity contribution in [1.82, 2.24) is 4.90 Å². The van der Waals surface area contributed by atoms with E-state index < -0.39 is 0 Å². The van der Waals surface area contributed by atoms with Crippen molar-refractivity contribution in [1.29, 1.82) is 0 Å². The fourth-order valence-corrected chi connectivity index (χ4v) is 1.96. The van der Waals surface area contributed by atoms with E-state index in [0.717, 1.165) is 18.4 Å². The monoisotopic (exact) mass is 181 g/mol. The Morgan fingerprint density at radius 2 is 1.85 bits per heavy atom. The fraction of sp³-hybridized carbons (Fsp3) is 0.727. The van der Waals surface area contributed by atoms with Crippen LogP contribution in [-0.2, 0) is 4.79 Å². The Morgan fingerprint density at radius 3 is 2.31 bits per heavy atom. The molecule has 0 saturated heterocycles. The summed E-state index contributed by atoms with van der Waals surface area (Å²) in [5.41, 5.74) is 0.900. The molecule has 1 fully saturated rings. The van der Waals surface area contributed by atoms with Crippen LogP contribution < -0.4 is 0 Å². The fourth-order valence-electron chi connectivity index (χ4n) is 1.96. The van der Waals surface area contributed by atoms with Gasteiger partial charge >= 0.3 is 0 Å². The van der Waals surface area contributed by atoms with Crippen LogP contribution in [0.5, 0.6) is 0 Å². The molecule has 1 saturated carbocycles. The number of carbonyl (C=O) groups is 1. The molecule has 13 heavy (non-hydrogen) atoms. The summed E-state index contributed by atoms with van der Waals surface area (Å²) in [7, 11) is 3.90. The minimum absolute atomic E-state index is 0.316. The number of hydrogen-bond acceptors (Lipinski definition) is 2. The standard InChI is InChI=1S/C11H19NO/c1-9(8-12(2)3)11(13)10-6-4-5-7-10/h8,10H,4-7H2,1-3H3/b9-8+. The van der Waals surface area contributed by atoms with Crippen LogP contribution in [0.25, 0.3) is 0 Å². The second-order valence-electron chi connectivity index (χ2n) is 4.12. The molecule has 1 aliphatic rings. The quantitative estimate of drug-likeness (QED) is 0.622. The molecule has 0 amide bonds. The van der Waals surface area contributed by atoms with E-state index in [1.54, 1.807) is 0 Å². The predicted molar refractivity (Wildman–Crippen MR) is 54.4 cm³/mol. The van der Waals surface area contributed by atoms with Crippen LogP contribution in [0.15, 0.2) is 11.8 Å². The van der Waals surface area contributed by atoms with Gasteiger partial charge in [-0.3, -0.25) is 4.79 Å². The van der Waals surface area contributed by atoms with E-state index in [4.69, 9.17) is 0 Å². The van der Waals surface area contributed by atoms with Gasteiger partial charge in [-0.1, -0.05) is 12.8 Å². The van der Waals surface area contributed by atoms with Gasteiger partial charge in [-0.15, -0.1) is 0 Å². The highest BCUT2D eigenvalue weighted by atomic mass is 16.1. The van der Waals surface area contributed by atoms with Crippen LogP contribution in [0.4, 0.5) is 0 Å². The Morgan fingerprint density at radius 1 is 1.31 bits per heavy atom. The first-order chi connectivity index (χ1) is 6.11. The first-order valence-corrected chi connectivity index (χ1v) is 5.00. The molecule has 0 heterocycles. The molecule has 74 valence electrons. The van der Waals surface area contributed by atoms with Gasteiger partial charge in [0.25, 0.3) is 0 Å². The molecule has 0 atom stereocenters. The lowest BCUT2D eigenvalue weighted by atomic mass is 9.98. The molecule has 0 aromatic heterocycles. The average Bonchev–Trinajstić information content (AvgIpc) is 2.53. The highest BCUT2D eigenvalue weighted by molar-refractivity contribution is 5.96. The van der Waals surface area contributed by atoms with Crippen LogP contribution in [0.1, 0.15) is 32.6 Å². The number of nitrogens with zero attached hydrogens (tertiary/aromatic N) is 1. The molecule has 0 aliphatic heterocycles. The summed E-state index contributed by atoms with van der Waals surface area (Å²) in [6, 6.07) is 0.